The molecule has 124 valence electrons. The van der Waals surface area contributed by atoms with Crippen LogP contribution in [0.15, 0.2) is 51.7 Å². The maximum atomic E-state index is 12.1. The van der Waals surface area contributed by atoms with E-state index in [9.17, 15) is 9.59 Å². The maximum absolute atomic E-state index is 12.1. The van der Waals surface area contributed by atoms with E-state index in [-0.39, 0.29) is 0 Å². The topological polar surface area (TPSA) is 82.5 Å². The second kappa shape index (κ2) is 6.74. The first-order chi connectivity index (χ1) is 11.6. The molecule has 0 bridgehead atoms. The Kier molecular flexibility index (Phi) is 4.51. The van der Waals surface area contributed by atoms with Gasteiger partial charge >= 0.3 is 5.63 Å². The minimum absolute atomic E-state index is 0.396. The Morgan fingerprint density at radius 1 is 1.17 bits per heavy atom. The lowest BCUT2D eigenvalue weighted by atomic mass is 10.1. The number of unbranched alkanes of at least 4 members (excludes halogenated alkanes) is 1. The average Bonchev–Trinajstić information content (AvgIpc) is 2.58. The number of carbonyl (C=O) groups excluding carboxylic acids is 1. The molecule has 0 aliphatic rings. The quantitative estimate of drug-likeness (QED) is 0.556. The number of rotatable bonds is 6. The van der Waals surface area contributed by atoms with Crippen molar-refractivity contribution >= 4 is 27.6 Å². The number of amides is 1. The summed E-state index contributed by atoms with van der Waals surface area (Å²) in [6, 6.07) is 12.5. The van der Waals surface area contributed by atoms with Crippen LogP contribution in [0.5, 0.6) is 5.75 Å². The summed E-state index contributed by atoms with van der Waals surface area (Å²) in [4.78, 5) is 23.6. The van der Waals surface area contributed by atoms with Gasteiger partial charge in [-0.2, -0.15) is 0 Å². The molecule has 0 fully saturated rings. The largest absolute Gasteiger partial charge is 0.480 e. The van der Waals surface area contributed by atoms with E-state index in [4.69, 9.17) is 14.9 Å². The highest BCUT2D eigenvalue weighted by molar-refractivity contribution is 6.04. The molecule has 0 saturated carbocycles. The fourth-order valence-corrected chi connectivity index (χ4v) is 2.75. The number of hydrogen-bond acceptors (Lipinski definition) is 4. The highest BCUT2D eigenvalue weighted by Gasteiger charge is 2.17. The van der Waals surface area contributed by atoms with E-state index in [1.54, 1.807) is 24.3 Å². The summed E-state index contributed by atoms with van der Waals surface area (Å²) in [5, 5.41) is 2.19. The first-order valence-electron chi connectivity index (χ1n) is 8.01. The summed E-state index contributed by atoms with van der Waals surface area (Å²) >= 11 is 0. The van der Waals surface area contributed by atoms with Gasteiger partial charge in [-0.1, -0.05) is 31.5 Å². The van der Waals surface area contributed by atoms with E-state index in [2.05, 4.69) is 0 Å². The number of ether oxygens (including phenoxy) is 1. The van der Waals surface area contributed by atoms with Gasteiger partial charge in [-0.05, 0) is 36.4 Å². The van der Waals surface area contributed by atoms with Crippen LogP contribution in [0, 0.1) is 0 Å². The van der Waals surface area contributed by atoms with Crippen molar-refractivity contribution in [3.8, 4) is 5.75 Å². The van der Waals surface area contributed by atoms with Crippen molar-refractivity contribution < 1.29 is 13.9 Å². The molecule has 24 heavy (non-hydrogen) atoms. The standard InChI is InChI=1S/C19H19NO4/c1-2-3-8-16(18(20)21)23-12-9-10-14-13-6-4-5-7-15(13)19(22)24-17(14)11-12/h4-7,9-11,16H,2-3,8H2,1H3,(H2,20,21). The summed E-state index contributed by atoms with van der Waals surface area (Å²) in [7, 11) is 0. The van der Waals surface area contributed by atoms with Crippen molar-refractivity contribution in [1.82, 2.24) is 0 Å². The Hall–Kier alpha value is -2.82. The summed E-state index contributed by atoms with van der Waals surface area (Å²) in [5.41, 5.74) is 5.43. The van der Waals surface area contributed by atoms with E-state index >= 15 is 0 Å². The normalized spacial score (nSPS) is 12.4. The molecule has 0 radical (unpaired) electrons. The number of carbonyl (C=O) groups is 1. The van der Waals surface area contributed by atoms with Gasteiger partial charge in [0.15, 0.2) is 6.10 Å². The minimum atomic E-state index is -0.686. The smallest absolute Gasteiger partial charge is 0.344 e. The van der Waals surface area contributed by atoms with Gasteiger partial charge in [0.05, 0.1) is 5.39 Å². The van der Waals surface area contributed by atoms with Crippen molar-refractivity contribution in [2.24, 2.45) is 5.73 Å². The minimum Gasteiger partial charge on any atom is -0.480 e. The summed E-state index contributed by atoms with van der Waals surface area (Å²) < 4.78 is 11.1. The first-order valence-corrected chi connectivity index (χ1v) is 8.01. The van der Waals surface area contributed by atoms with Crippen molar-refractivity contribution in [2.75, 3.05) is 0 Å². The zero-order valence-electron chi connectivity index (χ0n) is 13.5. The summed E-state index contributed by atoms with van der Waals surface area (Å²) in [6.45, 7) is 2.04. The van der Waals surface area contributed by atoms with Crippen LogP contribution in [0.25, 0.3) is 21.7 Å². The zero-order valence-corrected chi connectivity index (χ0v) is 13.5. The predicted molar refractivity (Wildman–Crippen MR) is 93.1 cm³/mol. The number of fused-ring (bicyclic) bond motifs is 3. The van der Waals surface area contributed by atoms with Crippen LogP contribution >= 0.6 is 0 Å². The molecule has 1 unspecified atom stereocenters. The van der Waals surface area contributed by atoms with E-state index in [1.165, 1.54) is 0 Å². The van der Waals surface area contributed by atoms with E-state index in [0.717, 1.165) is 23.6 Å². The first kappa shape index (κ1) is 16.1. The van der Waals surface area contributed by atoms with Crippen LogP contribution in [0.1, 0.15) is 26.2 Å². The zero-order chi connectivity index (χ0) is 17.1. The van der Waals surface area contributed by atoms with Gasteiger partial charge in [0, 0.05) is 11.5 Å². The Balaban J connectivity index is 2.01. The third-order valence-electron chi connectivity index (χ3n) is 4.01. The molecule has 5 heteroatoms. The van der Waals surface area contributed by atoms with Gasteiger partial charge in [0.2, 0.25) is 0 Å². The number of hydrogen-bond donors (Lipinski definition) is 1. The second-order valence-electron chi connectivity index (χ2n) is 5.74. The van der Waals surface area contributed by atoms with Crippen molar-refractivity contribution in [3.05, 3.63) is 52.9 Å². The van der Waals surface area contributed by atoms with Gasteiger partial charge in [-0.3, -0.25) is 4.79 Å². The van der Waals surface area contributed by atoms with Crippen LogP contribution in [0.3, 0.4) is 0 Å². The third kappa shape index (κ3) is 3.11. The van der Waals surface area contributed by atoms with Gasteiger partial charge < -0.3 is 14.9 Å². The molecule has 1 atom stereocenters. The molecule has 1 aromatic heterocycles. The number of benzene rings is 2. The van der Waals surface area contributed by atoms with Crippen LogP contribution in [-0.2, 0) is 4.79 Å². The number of nitrogens with two attached hydrogens (primary N) is 1. The van der Waals surface area contributed by atoms with E-state index in [1.807, 2.05) is 25.1 Å². The molecular weight excluding hydrogens is 306 g/mol. The molecule has 5 nitrogen and oxygen atoms in total. The van der Waals surface area contributed by atoms with Crippen LogP contribution in [0.2, 0.25) is 0 Å². The van der Waals surface area contributed by atoms with Crippen molar-refractivity contribution in [1.29, 1.82) is 0 Å². The van der Waals surface area contributed by atoms with Crippen molar-refractivity contribution in [3.63, 3.8) is 0 Å². The van der Waals surface area contributed by atoms with E-state index in [0.29, 0.717) is 23.1 Å². The average molecular weight is 325 g/mol. The molecule has 3 aromatic rings. The molecule has 2 aromatic carbocycles. The lowest BCUT2D eigenvalue weighted by Crippen LogP contribution is -2.33. The second-order valence-corrected chi connectivity index (χ2v) is 5.74. The summed E-state index contributed by atoms with van der Waals surface area (Å²) in [5.74, 6) is -0.0376. The lowest BCUT2D eigenvalue weighted by Gasteiger charge is -2.16. The van der Waals surface area contributed by atoms with E-state index < -0.39 is 17.6 Å². The monoisotopic (exact) mass is 325 g/mol. The predicted octanol–water partition coefficient (Wildman–Crippen LogP) is 3.37. The van der Waals surface area contributed by atoms with Gasteiger partial charge in [-0.15, -0.1) is 0 Å². The maximum Gasteiger partial charge on any atom is 0.344 e. The summed E-state index contributed by atoms with van der Waals surface area (Å²) in [6.07, 6.45) is 1.67. The SMILES string of the molecule is CCCCC(Oc1ccc2c(c1)oc(=O)c1ccccc12)C(N)=O. The fourth-order valence-electron chi connectivity index (χ4n) is 2.75. The van der Waals surface area contributed by atoms with Gasteiger partial charge in [-0.25, -0.2) is 4.79 Å². The Morgan fingerprint density at radius 2 is 1.92 bits per heavy atom. The molecule has 1 heterocycles. The Morgan fingerprint density at radius 3 is 2.62 bits per heavy atom. The third-order valence-corrected chi connectivity index (χ3v) is 4.01. The van der Waals surface area contributed by atoms with Crippen molar-refractivity contribution in [2.45, 2.75) is 32.3 Å². The number of primary amides is 1. The lowest BCUT2D eigenvalue weighted by molar-refractivity contribution is -0.125. The Labute approximate surface area is 139 Å². The molecule has 1 amide bonds. The van der Waals surface area contributed by atoms with Crippen LogP contribution in [0.4, 0.5) is 0 Å². The van der Waals surface area contributed by atoms with Crippen LogP contribution in [-0.4, -0.2) is 12.0 Å². The van der Waals surface area contributed by atoms with Gasteiger partial charge in [0.25, 0.3) is 5.91 Å². The molecule has 0 spiro atoms. The molecule has 2 N–H and O–H groups in total. The highest BCUT2D eigenvalue weighted by atomic mass is 16.5. The molecule has 0 saturated heterocycles. The molecule has 0 aliphatic heterocycles. The molecular formula is C19H19NO4. The highest BCUT2D eigenvalue weighted by Crippen LogP contribution is 2.27. The molecule has 3 rings (SSSR count). The fraction of sp³-hybridized carbons (Fsp3) is 0.263. The van der Waals surface area contributed by atoms with Crippen LogP contribution < -0.4 is 16.1 Å². The Bertz CT molecular complexity index is 945. The molecule has 0 aliphatic carbocycles. The van der Waals surface area contributed by atoms with Gasteiger partial charge in [0.1, 0.15) is 11.3 Å².